The summed E-state index contributed by atoms with van der Waals surface area (Å²) in [5.74, 6) is -12.6. The number of aliphatic hydroxyl groups is 1. The Morgan fingerprint density at radius 1 is 0.510 bits per heavy atom. The summed E-state index contributed by atoms with van der Waals surface area (Å²) < 4.78 is 5.44. The number of likely N-dealkylation sites (tertiary alicyclic amines) is 3. The molecule has 18 amide bonds. The first-order chi connectivity index (χ1) is 49.5. The minimum Gasteiger partial charge on any atom is -0.484 e. The number of carbonyl (C=O) groups excluding carboxylic acids is 18. The number of unbranched alkanes of at least 4 members (excludes halogenated alkanes) is 4. The predicted molar refractivity (Wildman–Crippen MR) is 378 cm³/mol. The highest BCUT2D eigenvalue weighted by molar-refractivity contribution is 8.01. The van der Waals surface area contributed by atoms with E-state index < -0.39 is 197 Å². The van der Waals surface area contributed by atoms with Gasteiger partial charge in [0.05, 0.1) is 28.4 Å². The second-order valence-electron chi connectivity index (χ2n) is 24.5. The molecule has 20 N–H and O–H groups in total. The quantitative estimate of drug-likeness (QED) is 0.0213. The van der Waals surface area contributed by atoms with Crippen molar-refractivity contribution in [1.29, 1.82) is 0 Å². The molecule has 3 saturated heterocycles. The Bertz CT molecular complexity index is 3250. The van der Waals surface area contributed by atoms with Crippen LogP contribution >= 0.6 is 35.3 Å². The van der Waals surface area contributed by atoms with Crippen molar-refractivity contribution >= 4 is 142 Å². The van der Waals surface area contributed by atoms with Gasteiger partial charge in [0, 0.05) is 115 Å². The van der Waals surface area contributed by atoms with Crippen LogP contribution in [0.2, 0.25) is 0 Å². The van der Waals surface area contributed by atoms with Gasteiger partial charge >= 0.3 is 0 Å². The van der Waals surface area contributed by atoms with Gasteiger partial charge in [-0.2, -0.15) is 0 Å². The highest BCUT2D eigenvalue weighted by Crippen LogP contribution is 2.28. The van der Waals surface area contributed by atoms with E-state index >= 15 is 0 Å². The number of rotatable bonds is 51. The van der Waals surface area contributed by atoms with Crippen molar-refractivity contribution < 1.29 is 96.1 Å². The molecule has 3 heterocycles. The van der Waals surface area contributed by atoms with Gasteiger partial charge in [-0.3, -0.25) is 101 Å². The third-order valence-electron chi connectivity index (χ3n) is 16.3. The number of primary amides is 3. The fourth-order valence-electron chi connectivity index (χ4n) is 10.4. The number of aliphatic hydroxyl groups excluding tert-OH is 1. The van der Waals surface area contributed by atoms with Crippen LogP contribution in [0.5, 0.6) is 5.75 Å². The predicted octanol–water partition coefficient (Wildman–Crippen LogP) is -6.12. The number of hydrogen-bond acceptors (Lipinski definition) is 25. The summed E-state index contributed by atoms with van der Waals surface area (Å²) in [6, 6.07) is -1.58. The maximum atomic E-state index is 14.1. The average molecular weight is 1520 g/mol. The van der Waals surface area contributed by atoms with Crippen LogP contribution in [0.25, 0.3) is 0 Å². The van der Waals surface area contributed by atoms with Gasteiger partial charge in [-0.15, -0.1) is 35.3 Å². The summed E-state index contributed by atoms with van der Waals surface area (Å²) in [4.78, 5) is 236. The van der Waals surface area contributed by atoms with Gasteiger partial charge in [-0.25, -0.2) is 0 Å². The largest absolute Gasteiger partial charge is 0.484 e. The molecule has 37 nitrogen and oxygen atoms in total. The van der Waals surface area contributed by atoms with E-state index in [9.17, 15) is 91.4 Å². The Hall–Kier alpha value is -8.99. The molecule has 0 saturated carbocycles. The molecular weight excluding hydrogens is 1420 g/mol. The zero-order valence-corrected chi connectivity index (χ0v) is 60.6. The number of imide groups is 3. The number of benzene rings is 1. The highest BCUT2D eigenvalue weighted by Gasteiger charge is 2.42. The SMILES string of the molecule is CCCCC(N)C(=O)NC(CSC1CC(=O)N(CCC(=O)NCC(NC(=O)C(CCCCNC(=O)CCN2C(=O)CC(SCCNC(=O)COc3ccc(CO)cc3)C2=O)NC(=O)C(CNC(=O)CCN2C(=O)CC(SCC(NC(=O)CCCCCN)C(N)=O)C2=O)NC(C)=O)C(N)=O)C1=O)C(N)=O. The van der Waals surface area contributed by atoms with E-state index in [1.807, 2.05) is 6.92 Å². The minimum absolute atomic E-state index is 0.0246. The van der Waals surface area contributed by atoms with Gasteiger partial charge in [0.25, 0.3) is 5.91 Å². The van der Waals surface area contributed by atoms with Crippen molar-refractivity contribution in [2.75, 3.05) is 76.2 Å². The van der Waals surface area contributed by atoms with Gasteiger partial charge in [-0.1, -0.05) is 38.3 Å². The lowest BCUT2D eigenvalue weighted by molar-refractivity contribution is -0.140. The lowest BCUT2D eigenvalue weighted by atomic mass is 10.1. The smallest absolute Gasteiger partial charge is 0.257 e. The zero-order chi connectivity index (χ0) is 77.0. The summed E-state index contributed by atoms with van der Waals surface area (Å²) in [7, 11) is 0. The number of nitrogens with one attached hydrogen (secondary N) is 9. The third-order valence-corrected chi connectivity index (χ3v) is 20.1. The first-order valence-corrected chi connectivity index (χ1v) is 37.2. The van der Waals surface area contributed by atoms with Gasteiger partial charge in [0.15, 0.2) is 6.61 Å². The molecule has 0 aromatic heterocycles. The number of nitrogens with zero attached hydrogens (tertiary/aromatic N) is 3. The molecule has 576 valence electrons. The number of carbonyl (C=O) groups is 18. The number of hydrogen-bond donors (Lipinski definition) is 15. The van der Waals surface area contributed by atoms with E-state index in [2.05, 4.69) is 47.9 Å². The molecule has 0 spiro atoms. The van der Waals surface area contributed by atoms with Crippen LogP contribution in [0.15, 0.2) is 24.3 Å². The monoisotopic (exact) mass is 1520 g/mol. The van der Waals surface area contributed by atoms with Gasteiger partial charge in [0.1, 0.15) is 36.0 Å². The molecule has 0 radical (unpaired) electrons. The van der Waals surface area contributed by atoms with Gasteiger partial charge < -0.3 is 86.4 Å². The van der Waals surface area contributed by atoms with Gasteiger partial charge in [0.2, 0.25) is 100 Å². The number of ether oxygens (including phenoxy) is 1. The van der Waals surface area contributed by atoms with Crippen LogP contribution in [0.4, 0.5) is 0 Å². The third kappa shape index (κ3) is 30.8. The maximum absolute atomic E-state index is 14.1. The van der Waals surface area contributed by atoms with Crippen LogP contribution in [0.1, 0.15) is 122 Å². The van der Waals surface area contributed by atoms with E-state index in [1.165, 1.54) is 0 Å². The highest BCUT2D eigenvalue weighted by atomic mass is 32.2. The molecule has 1 aromatic carbocycles. The van der Waals surface area contributed by atoms with Crippen LogP contribution in [0.3, 0.4) is 0 Å². The molecule has 9 atom stereocenters. The van der Waals surface area contributed by atoms with Crippen molar-refractivity contribution in [3.8, 4) is 5.75 Å². The van der Waals surface area contributed by atoms with E-state index in [0.717, 1.165) is 63.3 Å². The van der Waals surface area contributed by atoms with Crippen LogP contribution in [-0.4, -0.2) is 254 Å². The molecule has 4 rings (SSSR count). The first-order valence-electron chi connectivity index (χ1n) is 34.0. The van der Waals surface area contributed by atoms with Crippen LogP contribution < -0.4 is 81.3 Å². The summed E-state index contributed by atoms with van der Waals surface area (Å²) in [5.41, 5.74) is 28.7. The molecule has 1 aromatic rings. The van der Waals surface area contributed by atoms with Crippen molar-refractivity contribution in [2.45, 2.75) is 175 Å². The lowest BCUT2D eigenvalue weighted by Gasteiger charge is -2.25. The van der Waals surface area contributed by atoms with E-state index in [0.29, 0.717) is 50.0 Å². The zero-order valence-electron chi connectivity index (χ0n) is 58.2. The number of thioether (sulfide) groups is 3. The van der Waals surface area contributed by atoms with Crippen molar-refractivity contribution in [1.82, 2.24) is 62.6 Å². The van der Waals surface area contributed by atoms with E-state index in [-0.39, 0.29) is 101 Å². The fraction of sp³-hybridized carbons (Fsp3) is 0.625. The normalized spacial score (nSPS) is 17.4. The lowest BCUT2D eigenvalue weighted by Crippen LogP contribution is -2.59. The Kier molecular flexibility index (Phi) is 38.6. The Balaban J connectivity index is 1.34. The topological polar surface area (TPSA) is 585 Å². The minimum atomic E-state index is -1.67. The Labute approximate surface area is 613 Å². The molecule has 104 heavy (non-hydrogen) atoms. The summed E-state index contributed by atoms with van der Waals surface area (Å²) >= 11 is 2.98. The first kappa shape index (κ1) is 87.4. The van der Waals surface area contributed by atoms with Crippen molar-refractivity contribution in [2.24, 2.45) is 28.7 Å². The molecule has 40 heteroatoms. The molecule has 3 aliphatic rings. The second kappa shape index (κ2) is 46.0. The molecule has 9 unspecified atom stereocenters. The Morgan fingerprint density at radius 2 is 0.981 bits per heavy atom. The van der Waals surface area contributed by atoms with Gasteiger partial charge in [-0.05, 0) is 62.8 Å². The van der Waals surface area contributed by atoms with Crippen LogP contribution in [0, 0.1) is 0 Å². The number of nitrogens with two attached hydrogens (primary N) is 5. The number of amides is 18. The molecule has 3 aliphatic heterocycles. The van der Waals surface area contributed by atoms with Crippen molar-refractivity contribution in [3.63, 3.8) is 0 Å². The fourth-order valence-corrected chi connectivity index (χ4v) is 13.8. The van der Waals surface area contributed by atoms with Crippen LogP contribution in [-0.2, 0) is 92.9 Å². The van der Waals surface area contributed by atoms with E-state index in [4.69, 9.17) is 33.4 Å². The maximum Gasteiger partial charge on any atom is 0.257 e. The van der Waals surface area contributed by atoms with E-state index in [1.54, 1.807) is 24.3 Å². The standard InChI is InChI=1S/C64H97N17O20S3/c1-3-4-10-39(66)59(95)78-44(58(69)94)35-104-47-29-55(91)80(64(47)100)24-18-49(85)72-30-41(56(67)92)77-60(96)40(11-7-9-21-70-48(84)17-23-79-53(89)27-45(62(79)98)102-26-22-71-52(88)33-101-38-15-13-37(32-82)14-16-38)76-61(97)42(74-36(2)83)31-73-50(86)19-25-81-54(90)28-46(63(81)99)103-34-43(57(68)93)75-51(87)12-6-5-8-20-65/h13-16,39-47,82H,3-12,17-35,65-66H2,1-2H3,(H2,67,92)(H2,68,93)(H2,69,94)(H,70,84)(H,71,88)(H,72,85)(H,73,86)(H,74,83)(H,75,87)(H,76,97)(H,77,96)(H,78,95). The summed E-state index contributed by atoms with van der Waals surface area (Å²) in [6.07, 6.45) is 1.85. The Morgan fingerprint density at radius 3 is 1.48 bits per heavy atom. The molecule has 0 aliphatic carbocycles. The van der Waals surface area contributed by atoms with Crippen molar-refractivity contribution in [3.05, 3.63) is 29.8 Å². The molecular formula is C64H97N17O20S3. The summed E-state index contributed by atoms with van der Waals surface area (Å²) in [5, 5.41) is 28.9. The summed E-state index contributed by atoms with van der Waals surface area (Å²) in [6.45, 7) is 0.805. The molecule has 3 fully saturated rings. The average Bonchev–Trinajstić information content (AvgIpc) is 1.71. The second-order valence-corrected chi connectivity index (χ2v) is 28.3. The molecule has 0 bridgehead atoms.